The molecule has 0 heterocycles. The molecule has 0 saturated carbocycles. The first-order chi connectivity index (χ1) is 9.52. The van der Waals surface area contributed by atoms with Gasteiger partial charge in [-0.25, -0.2) is 0 Å². The van der Waals surface area contributed by atoms with Gasteiger partial charge in [-0.2, -0.15) is 0 Å². The molecule has 5 heteroatoms. The predicted octanol–water partition coefficient (Wildman–Crippen LogP) is 3.60. The highest BCUT2D eigenvalue weighted by molar-refractivity contribution is 9.10. The van der Waals surface area contributed by atoms with Crippen LogP contribution in [-0.4, -0.2) is 13.0 Å². The normalized spacial score (nSPS) is 10.2. The molecule has 0 saturated heterocycles. The number of nitrogens with two attached hydrogens (primary N) is 1. The molecule has 0 bridgehead atoms. The van der Waals surface area contributed by atoms with Crippen molar-refractivity contribution in [3.8, 4) is 5.75 Å². The van der Waals surface area contributed by atoms with E-state index in [1.165, 1.54) is 0 Å². The van der Waals surface area contributed by atoms with E-state index in [1.807, 2.05) is 13.0 Å². The summed E-state index contributed by atoms with van der Waals surface area (Å²) in [5.41, 5.74) is 8.33. The maximum atomic E-state index is 12.3. The van der Waals surface area contributed by atoms with Crippen LogP contribution >= 0.6 is 15.9 Å². The number of nitrogens with one attached hydrogen (secondary N) is 1. The summed E-state index contributed by atoms with van der Waals surface area (Å²) in [6.07, 6.45) is 0. The number of carbonyl (C=O) groups excluding carboxylic acids is 1. The summed E-state index contributed by atoms with van der Waals surface area (Å²) in [5.74, 6) is 0.384. The van der Waals surface area contributed by atoms with E-state index in [1.54, 1.807) is 37.4 Å². The van der Waals surface area contributed by atoms with Crippen LogP contribution in [0, 0.1) is 6.92 Å². The second-order valence-corrected chi connectivity index (χ2v) is 5.23. The molecule has 0 aliphatic carbocycles. The number of hydrogen-bond acceptors (Lipinski definition) is 3. The van der Waals surface area contributed by atoms with E-state index in [4.69, 9.17) is 10.5 Å². The van der Waals surface area contributed by atoms with Gasteiger partial charge in [-0.1, -0.05) is 22.0 Å². The van der Waals surface area contributed by atoms with Gasteiger partial charge in [0.05, 0.1) is 12.8 Å². The minimum Gasteiger partial charge on any atom is -0.495 e. The Balaban J connectivity index is 2.32. The van der Waals surface area contributed by atoms with Crippen LogP contribution < -0.4 is 15.8 Å². The molecule has 0 aliphatic heterocycles. The van der Waals surface area contributed by atoms with Crippen LogP contribution in [0.2, 0.25) is 0 Å². The Morgan fingerprint density at radius 3 is 2.75 bits per heavy atom. The van der Waals surface area contributed by atoms with Crippen LogP contribution in [0.5, 0.6) is 5.75 Å². The van der Waals surface area contributed by atoms with Gasteiger partial charge in [0, 0.05) is 15.7 Å². The Hall–Kier alpha value is -2.01. The fraction of sp³-hybridized carbons (Fsp3) is 0.133. The Bertz CT molecular complexity index is 656. The molecule has 4 nitrogen and oxygen atoms in total. The zero-order chi connectivity index (χ0) is 14.7. The van der Waals surface area contributed by atoms with Gasteiger partial charge < -0.3 is 15.8 Å². The van der Waals surface area contributed by atoms with Crippen molar-refractivity contribution in [3.63, 3.8) is 0 Å². The van der Waals surface area contributed by atoms with Gasteiger partial charge in [-0.05, 0) is 42.8 Å². The zero-order valence-corrected chi connectivity index (χ0v) is 12.8. The molecule has 104 valence electrons. The van der Waals surface area contributed by atoms with Gasteiger partial charge in [-0.15, -0.1) is 0 Å². The molecule has 3 N–H and O–H groups in total. The summed E-state index contributed by atoms with van der Waals surface area (Å²) in [6, 6.07) is 10.7. The summed E-state index contributed by atoms with van der Waals surface area (Å²) < 4.78 is 6.09. The maximum Gasteiger partial charge on any atom is 0.256 e. The van der Waals surface area contributed by atoms with Crippen LogP contribution in [0.3, 0.4) is 0 Å². The molecule has 0 aliphatic rings. The number of methoxy groups -OCH3 is 1. The van der Waals surface area contributed by atoms with Gasteiger partial charge in [0.1, 0.15) is 5.75 Å². The van der Waals surface area contributed by atoms with Crippen LogP contribution in [0.1, 0.15) is 15.9 Å². The lowest BCUT2D eigenvalue weighted by molar-refractivity contribution is 0.102. The number of benzene rings is 2. The molecular formula is C15H15BrN2O2. The molecule has 1 amide bonds. The molecule has 2 rings (SSSR count). The number of halogens is 1. The SMILES string of the molecule is COc1ccc(Br)cc1NC(=O)c1cccc(N)c1C. The second-order valence-electron chi connectivity index (χ2n) is 4.32. The number of anilines is 2. The van der Waals surface area contributed by atoms with Gasteiger partial charge >= 0.3 is 0 Å². The lowest BCUT2D eigenvalue weighted by Crippen LogP contribution is -2.14. The highest BCUT2D eigenvalue weighted by Gasteiger charge is 2.13. The third-order valence-corrected chi connectivity index (χ3v) is 3.52. The van der Waals surface area contributed by atoms with E-state index in [9.17, 15) is 4.79 Å². The number of hydrogen-bond donors (Lipinski definition) is 2. The molecular weight excluding hydrogens is 320 g/mol. The van der Waals surface area contributed by atoms with E-state index in [-0.39, 0.29) is 5.91 Å². The summed E-state index contributed by atoms with van der Waals surface area (Å²) >= 11 is 3.37. The summed E-state index contributed by atoms with van der Waals surface area (Å²) in [4.78, 5) is 12.3. The lowest BCUT2D eigenvalue weighted by Gasteiger charge is -2.12. The van der Waals surface area contributed by atoms with Crippen molar-refractivity contribution < 1.29 is 9.53 Å². The second kappa shape index (κ2) is 5.96. The van der Waals surface area contributed by atoms with Crippen molar-refractivity contribution in [2.45, 2.75) is 6.92 Å². The van der Waals surface area contributed by atoms with E-state index in [0.29, 0.717) is 22.7 Å². The number of nitrogen functional groups attached to an aromatic ring is 1. The Morgan fingerprint density at radius 1 is 1.30 bits per heavy atom. The Labute approximate surface area is 126 Å². The minimum absolute atomic E-state index is 0.216. The molecule has 0 spiro atoms. The van der Waals surface area contributed by atoms with Crippen molar-refractivity contribution >= 4 is 33.2 Å². The largest absolute Gasteiger partial charge is 0.495 e. The highest BCUT2D eigenvalue weighted by atomic mass is 79.9. The van der Waals surface area contributed by atoms with Gasteiger partial charge in [-0.3, -0.25) is 4.79 Å². The number of carbonyl (C=O) groups is 1. The van der Waals surface area contributed by atoms with Crippen molar-refractivity contribution in [2.75, 3.05) is 18.2 Å². The lowest BCUT2D eigenvalue weighted by atomic mass is 10.1. The summed E-state index contributed by atoms with van der Waals surface area (Å²) in [7, 11) is 1.56. The number of ether oxygens (including phenoxy) is 1. The zero-order valence-electron chi connectivity index (χ0n) is 11.2. The third kappa shape index (κ3) is 2.93. The molecule has 2 aromatic carbocycles. The van der Waals surface area contributed by atoms with Crippen LogP contribution in [0.15, 0.2) is 40.9 Å². The smallest absolute Gasteiger partial charge is 0.256 e. The van der Waals surface area contributed by atoms with E-state index >= 15 is 0 Å². The van der Waals surface area contributed by atoms with Gasteiger partial charge in [0.25, 0.3) is 5.91 Å². The number of rotatable bonds is 3. The average Bonchev–Trinajstić information content (AvgIpc) is 2.42. The fourth-order valence-electron chi connectivity index (χ4n) is 1.87. The topological polar surface area (TPSA) is 64.3 Å². The van der Waals surface area contributed by atoms with Crippen molar-refractivity contribution in [1.29, 1.82) is 0 Å². The van der Waals surface area contributed by atoms with E-state index in [2.05, 4.69) is 21.2 Å². The van der Waals surface area contributed by atoms with Crippen molar-refractivity contribution in [1.82, 2.24) is 0 Å². The first-order valence-electron chi connectivity index (χ1n) is 6.03. The first kappa shape index (κ1) is 14.4. The standard InChI is InChI=1S/C15H15BrN2O2/c1-9-11(4-3-5-12(9)17)15(19)18-13-8-10(16)6-7-14(13)20-2/h3-8H,17H2,1-2H3,(H,18,19). The van der Waals surface area contributed by atoms with Crippen molar-refractivity contribution in [2.24, 2.45) is 0 Å². The van der Waals surface area contributed by atoms with Crippen LogP contribution in [0.4, 0.5) is 11.4 Å². The number of amides is 1. The van der Waals surface area contributed by atoms with Gasteiger partial charge in [0.15, 0.2) is 0 Å². The Morgan fingerprint density at radius 2 is 2.05 bits per heavy atom. The monoisotopic (exact) mass is 334 g/mol. The highest BCUT2D eigenvalue weighted by Crippen LogP contribution is 2.28. The van der Waals surface area contributed by atoms with Crippen molar-refractivity contribution in [3.05, 3.63) is 52.0 Å². The molecule has 0 radical (unpaired) electrons. The Kier molecular flexibility index (Phi) is 4.29. The predicted molar refractivity (Wildman–Crippen MR) is 84.2 cm³/mol. The average molecular weight is 335 g/mol. The third-order valence-electron chi connectivity index (χ3n) is 3.03. The summed E-state index contributed by atoms with van der Waals surface area (Å²) in [6.45, 7) is 1.82. The maximum absolute atomic E-state index is 12.3. The fourth-order valence-corrected chi connectivity index (χ4v) is 2.23. The molecule has 0 fully saturated rings. The molecule has 20 heavy (non-hydrogen) atoms. The quantitative estimate of drug-likeness (QED) is 0.843. The van der Waals surface area contributed by atoms with E-state index in [0.717, 1.165) is 10.0 Å². The summed E-state index contributed by atoms with van der Waals surface area (Å²) in [5, 5.41) is 2.84. The molecule has 0 atom stereocenters. The van der Waals surface area contributed by atoms with Gasteiger partial charge in [0.2, 0.25) is 0 Å². The first-order valence-corrected chi connectivity index (χ1v) is 6.82. The van der Waals surface area contributed by atoms with Crippen LogP contribution in [-0.2, 0) is 0 Å². The molecule has 0 aromatic heterocycles. The van der Waals surface area contributed by atoms with E-state index < -0.39 is 0 Å². The minimum atomic E-state index is -0.216. The molecule has 2 aromatic rings. The molecule has 0 unspecified atom stereocenters. The van der Waals surface area contributed by atoms with Crippen LogP contribution in [0.25, 0.3) is 0 Å².